The van der Waals surface area contributed by atoms with E-state index in [9.17, 15) is 13.2 Å². The van der Waals surface area contributed by atoms with E-state index in [1.165, 1.54) is 27.8 Å². The number of anilines is 2. The summed E-state index contributed by atoms with van der Waals surface area (Å²) in [7, 11) is -3.78. The third-order valence-electron chi connectivity index (χ3n) is 4.65. The Balaban J connectivity index is 1.59. The molecule has 0 saturated carbocycles. The number of rotatable bonds is 6. The van der Waals surface area contributed by atoms with Crippen LogP contribution in [0.5, 0.6) is 0 Å². The normalized spacial score (nSPS) is 13.7. The second kappa shape index (κ2) is 8.75. The molecular weight excluding hydrogens is 440 g/mol. The van der Waals surface area contributed by atoms with Crippen molar-refractivity contribution in [3.8, 4) is 0 Å². The van der Waals surface area contributed by atoms with Crippen LogP contribution in [-0.4, -0.2) is 36.8 Å². The molecule has 0 atom stereocenters. The number of nitrogens with one attached hydrogen (secondary N) is 1. The Kier molecular flexibility index (Phi) is 6.07. The number of fused-ring (bicyclic) bond motifs is 1. The van der Waals surface area contributed by atoms with Crippen molar-refractivity contribution in [1.29, 1.82) is 0 Å². The van der Waals surface area contributed by atoms with Gasteiger partial charge in [-0.05, 0) is 48.4 Å². The Hall–Kier alpha value is -2.43. The number of hydrogen-bond acceptors (Lipinski definition) is 7. The van der Waals surface area contributed by atoms with Gasteiger partial charge in [0.2, 0.25) is 5.13 Å². The standard InChI is InChI=1S/C20H20N4O3S3/c1-2-28-20-23-22-19(29-20)21-18(25)15-8-5-10-16(13-15)30(26,27)24-12-6-9-14-7-3-4-11-17(14)24/h3-5,7-8,10-11,13H,2,6,9,12H2,1H3,(H,21,22,25). The van der Waals surface area contributed by atoms with Crippen molar-refractivity contribution in [3.63, 3.8) is 0 Å². The molecule has 1 aromatic heterocycles. The zero-order chi connectivity index (χ0) is 21.1. The lowest BCUT2D eigenvalue weighted by Gasteiger charge is -2.30. The number of sulfonamides is 1. The highest BCUT2D eigenvalue weighted by molar-refractivity contribution is 8.01. The third-order valence-corrected chi connectivity index (χ3v) is 8.31. The molecular formula is C20H20N4O3S3. The van der Waals surface area contributed by atoms with E-state index in [1.54, 1.807) is 23.9 Å². The average Bonchev–Trinajstić information content (AvgIpc) is 3.20. The molecule has 1 N–H and O–H groups in total. The molecule has 0 spiro atoms. The van der Waals surface area contributed by atoms with Gasteiger partial charge in [0.15, 0.2) is 4.34 Å². The Morgan fingerprint density at radius 1 is 1.20 bits per heavy atom. The van der Waals surface area contributed by atoms with Crippen molar-refractivity contribution in [3.05, 3.63) is 59.7 Å². The number of hydrogen-bond donors (Lipinski definition) is 1. The molecule has 0 aliphatic carbocycles. The maximum absolute atomic E-state index is 13.3. The van der Waals surface area contributed by atoms with Gasteiger partial charge in [0, 0.05) is 12.1 Å². The van der Waals surface area contributed by atoms with Crippen LogP contribution in [0.1, 0.15) is 29.3 Å². The number of benzene rings is 2. The molecule has 1 aliphatic heterocycles. The van der Waals surface area contributed by atoms with Gasteiger partial charge in [-0.3, -0.25) is 14.4 Å². The monoisotopic (exact) mass is 460 g/mol. The van der Waals surface area contributed by atoms with Crippen LogP contribution in [0, 0.1) is 0 Å². The Morgan fingerprint density at radius 2 is 2.03 bits per heavy atom. The van der Waals surface area contributed by atoms with Crippen molar-refractivity contribution >= 4 is 49.8 Å². The second-order valence-corrected chi connectivity index (χ2v) is 10.9. The minimum absolute atomic E-state index is 0.0892. The molecule has 1 amide bonds. The summed E-state index contributed by atoms with van der Waals surface area (Å²) in [4.78, 5) is 12.7. The molecule has 0 fully saturated rings. The highest BCUT2D eigenvalue weighted by Crippen LogP contribution is 2.32. The van der Waals surface area contributed by atoms with Crippen LogP contribution >= 0.6 is 23.1 Å². The summed E-state index contributed by atoms with van der Waals surface area (Å²) < 4.78 is 28.9. The Morgan fingerprint density at radius 3 is 2.87 bits per heavy atom. The maximum Gasteiger partial charge on any atom is 0.264 e. The van der Waals surface area contributed by atoms with Crippen LogP contribution in [0.4, 0.5) is 10.8 Å². The van der Waals surface area contributed by atoms with Crippen molar-refractivity contribution in [1.82, 2.24) is 10.2 Å². The smallest absolute Gasteiger partial charge is 0.264 e. The van der Waals surface area contributed by atoms with E-state index in [-0.39, 0.29) is 10.5 Å². The fourth-order valence-corrected chi connectivity index (χ4v) is 6.52. The molecule has 4 rings (SSSR count). The second-order valence-electron chi connectivity index (χ2n) is 6.60. The largest absolute Gasteiger partial charge is 0.296 e. The Bertz CT molecular complexity index is 1180. The predicted octanol–water partition coefficient (Wildman–Crippen LogP) is 4.04. The van der Waals surface area contributed by atoms with Crippen LogP contribution in [0.25, 0.3) is 0 Å². The van der Waals surface area contributed by atoms with Gasteiger partial charge in [-0.2, -0.15) is 0 Å². The predicted molar refractivity (Wildman–Crippen MR) is 120 cm³/mol. The quantitative estimate of drug-likeness (QED) is 0.441. The Labute approximate surface area is 183 Å². The lowest BCUT2D eigenvalue weighted by Crippen LogP contribution is -2.35. The summed E-state index contributed by atoms with van der Waals surface area (Å²) in [5.74, 6) is 0.442. The molecule has 0 radical (unpaired) electrons. The van der Waals surface area contributed by atoms with Crippen LogP contribution < -0.4 is 9.62 Å². The van der Waals surface area contributed by atoms with Crippen molar-refractivity contribution in [2.45, 2.75) is 29.0 Å². The van der Waals surface area contributed by atoms with Crippen LogP contribution in [0.15, 0.2) is 57.8 Å². The molecule has 0 saturated heterocycles. The topological polar surface area (TPSA) is 92.3 Å². The first-order valence-corrected chi connectivity index (χ1v) is 12.7. The van der Waals surface area contributed by atoms with Gasteiger partial charge >= 0.3 is 0 Å². The highest BCUT2D eigenvalue weighted by Gasteiger charge is 2.29. The third kappa shape index (κ3) is 4.21. The summed E-state index contributed by atoms with van der Waals surface area (Å²) in [5, 5.41) is 11.0. The number of aromatic nitrogens is 2. The van der Waals surface area contributed by atoms with E-state index in [0.717, 1.165) is 28.5 Å². The summed E-state index contributed by atoms with van der Waals surface area (Å²) in [6.45, 7) is 2.43. The van der Waals surface area contributed by atoms with Crippen molar-refractivity contribution in [2.24, 2.45) is 0 Å². The lowest BCUT2D eigenvalue weighted by molar-refractivity contribution is 0.102. The fourth-order valence-electron chi connectivity index (χ4n) is 3.29. The van der Waals surface area contributed by atoms with E-state index in [4.69, 9.17) is 0 Å². The van der Waals surface area contributed by atoms with Crippen molar-refractivity contribution < 1.29 is 13.2 Å². The molecule has 7 nitrogen and oxygen atoms in total. The molecule has 3 aromatic rings. The number of carbonyl (C=O) groups excluding carboxylic acids is 1. The SMILES string of the molecule is CCSc1nnc(NC(=O)c2cccc(S(=O)(=O)N3CCCc4ccccc43)c2)s1. The molecule has 0 bridgehead atoms. The minimum atomic E-state index is -3.78. The molecule has 0 unspecified atom stereocenters. The zero-order valence-corrected chi connectivity index (χ0v) is 18.7. The van der Waals surface area contributed by atoms with E-state index in [2.05, 4.69) is 15.5 Å². The number of nitrogens with zero attached hydrogens (tertiary/aromatic N) is 3. The van der Waals surface area contributed by atoms with Gasteiger partial charge in [0.05, 0.1) is 10.6 Å². The van der Waals surface area contributed by atoms with E-state index >= 15 is 0 Å². The van der Waals surface area contributed by atoms with E-state index < -0.39 is 15.9 Å². The molecule has 30 heavy (non-hydrogen) atoms. The fraction of sp³-hybridized carbons (Fsp3) is 0.250. The van der Waals surface area contributed by atoms with Crippen LogP contribution in [0.3, 0.4) is 0 Å². The van der Waals surface area contributed by atoms with Gasteiger partial charge in [-0.15, -0.1) is 10.2 Å². The number of carbonyl (C=O) groups is 1. The first kappa shape index (κ1) is 20.8. The molecule has 156 valence electrons. The summed E-state index contributed by atoms with van der Waals surface area (Å²) in [6.07, 6.45) is 1.61. The molecule has 2 heterocycles. The number of amides is 1. The number of aryl methyl sites for hydroxylation is 1. The van der Waals surface area contributed by atoms with Crippen LogP contribution in [-0.2, 0) is 16.4 Å². The molecule has 1 aliphatic rings. The summed E-state index contributed by atoms with van der Waals surface area (Å²) in [6, 6.07) is 13.6. The summed E-state index contributed by atoms with van der Waals surface area (Å²) >= 11 is 2.83. The maximum atomic E-state index is 13.3. The van der Waals surface area contributed by atoms with Gasteiger partial charge in [0.25, 0.3) is 15.9 Å². The first-order valence-electron chi connectivity index (χ1n) is 9.47. The van der Waals surface area contributed by atoms with Gasteiger partial charge in [-0.25, -0.2) is 8.42 Å². The zero-order valence-electron chi connectivity index (χ0n) is 16.2. The molecule has 2 aromatic carbocycles. The highest BCUT2D eigenvalue weighted by atomic mass is 32.2. The van der Waals surface area contributed by atoms with Gasteiger partial charge in [-0.1, -0.05) is 54.3 Å². The average molecular weight is 461 g/mol. The summed E-state index contributed by atoms with van der Waals surface area (Å²) in [5.41, 5.74) is 1.97. The van der Waals surface area contributed by atoms with E-state index in [0.29, 0.717) is 17.4 Å². The van der Waals surface area contributed by atoms with Crippen LogP contribution in [0.2, 0.25) is 0 Å². The van der Waals surface area contributed by atoms with E-state index in [1.807, 2.05) is 31.2 Å². The first-order chi connectivity index (χ1) is 14.5. The van der Waals surface area contributed by atoms with Gasteiger partial charge in [0.1, 0.15) is 0 Å². The lowest BCUT2D eigenvalue weighted by atomic mass is 10.0. The van der Waals surface area contributed by atoms with Gasteiger partial charge < -0.3 is 0 Å². The minimum Gasteiger partial charge on any atom is -0.296 e. The van der Waals surface area contributed by atoms with Crippen molar-refractivity contribution in [2.75, 3.05) is 21.9 Å². The number of para-hydroxylation sites is 1. The molecule has 10 heteroatoms. The number of thioether (sulfide) groups is 1.